The van der Waals surface area contributed by atoms with Crippen LogP contribution in [-0.4, -0.2) is 22.1 Å². The van der Waals surface area contributed by atoms with Crippen molar-refractivity contribution < 1.29 is 17.9 Å². The third-order valence-electron chi connectivity index (χ3n) is 3.66. The van der Waals surface area contributed by atoms with E-state index in [1.807, 2.05) is 13.8 Å². The summed E-state index contributed by atoms with van der Waals surface area (Å²) in [7, 11) is 0. The molecule has 0 unspecified atom stereocenters. The molecule has 0 spiro atoms. The predicted molar refractivity (Wildman–Crippen MR) is 94.9 cm³/mol. The van der Waals surface area contributed by atoms with Crippen molar-refractivity contribution in [1.82, 2.24) is 9.97 Å². The number of halogens is 4. The average Bonchev–Trinajstić information content (AvgIpc) is 2.54. The third kappa shape index (κ3) is 5.32. The Bertz CT molecular complexity index is 769. The molecule has 26 heavy (non-hydrogen) atoms. The Morgan fingerprint density at radius 3 is 2.54 bits per heavy atom. The molecule has 8 heteroatoms. The maximum atomic E-state index is 13.9. The Morgan fingerprint density at radius 1 is 1.23 bits per heavy atom. The van der Waals surface area contributed by atoms with Gasteiger partial charge < -0.3 is 10.5 Å². The van der Waals surface area contributed by atoms with E-state index in [-0.39, 0.29) is 34.3 Å². The highest BCUT2D eigenvalue weighted by Crippen LogP contribution is 2.33. The van der Waals surface area contributed by atoms with E-state index in [0.717, 1.165) is 18.5 Å². The van der Waals surface area contributed by atoms with Crippen LogP contribution in [0.1, 0.15) is 39.2 Å². The summed E-state index contributed by atoms with van der Waals surface area (Å²) in [6.45, 7) is 5.88. The number of hydrogen-bond acceptors (Lipinski definition) is 4. The quantitative estimate of drug-likeness (QED) is 0.678. The van der Waals surface area contributed by atoms with Crippen molar-refractivity contribution in [2.45, 2.75) is 39.2 Å². The predicted octanol–water partition coefficient (Wildman–Crippen LogP) is 5.02. The molecule has 0 fully saturated rings. The van der Waals surface area contributed by atoms with Gasteiger partial charge in [0, 0.05) is 11.1 Å². The van der Waals surface area contributed by atoms with E-state index in [4.69, 9.17) is 22.1 Å². The van der Waals surface area contributed by atoms with E-state index in [0.29, 0.717) is 12.3 Å². The van der Waals surface area contributed by atoms with Crippen LogP contribution in [0.15, 0.2) is 24.5 Å². The van der Waals surface area contributed by atoms with Gasteiger partial charge in [0.05, 0.1) is 23.7 Å². The van der Waals surface area contributed by atoms with Gasteiger partial charge in [-0.25, -0.2) is 18.2 Å². The second-order valence-electron chi connectivity index (χ2n) is 6.94. The minimum atomic E-state index is -2.82. The molecule has 2 aromatic heterocycles. The van der Waals surface area contributed by atoms with Gasteiger partial charge in [0.2, 0.25) is 0 Å². The minimum Gasteiger partial charge on any atom is -0.490 e. The number of hydrogen-bond donors (Lipinski definition) is 1. The topological polar surface area (TPSA) is 61.0 Å². The van der Waals surface area contributed by atoms with E-state index < -0.39 is 17.8 Å². The second-order valence-corrected chi connectivity index (χ2v) is 7.32. The second kappa shape index (κ2) is 8.22. The number of aromatic nitrogens is 2. The lowest BCUT2D eigenvalue weighted by atomic mass is 9.93. The van der Waals surface area contributed by atoms with Gasteiger partial charge in [0.1, 0.15) is 17.5 Å². The number of rotatable bonds is 7. The molecular formula is C18H21ClF3N3O. The van der Waals surface area contributed by atoms with Gasteiger partial charge in [-0.05, 0) is 31.4 Å². The van der Waals surface area contributed by atoms with Crippen LogP contribution in [0.25, 0.3) is 11.3 Å². The summed E-state index contributed by atoms with van der Waals surface area (Å²) >= 11 is 5.75. The van der Waals surface area contributed by atoms with Gasteiger partial charge in [-0.2, -0.15) is 0 Å². The van der Waals surface area contributed by atoms with E-state index >= 15 is 0 Å². The van der Waals surface area contributed by atoms with Crippen molar-refractivity contribution in [3.05, 3.63) is 41.1 Å². The maximum Gasteiger partial charge on any atom is 0.267 e. The highest BCUT2D eigenvalue weighted by molar-refractivity contribution is 6.29. The lowest BCUT2D eigenvalue weighted by Gasteiger charge is -2.27. The zero-order chi connectivity index (χ0) is 19.5. The molecule has 4 nitrogen and oxygen atoms in total. The standard InChI is InChI=1S/C18H21ClF3N3O/c1-10(2)6-18(3,23)9-26-15-8-24-14(4-12(15)17(21)22)11-5-16(19)25-7-13(11)20/h4-5,7-8,10,17H,6,9,23H2,1-3H3/t18-/m1/s1. The van der Waals surface area contributed by atoms with Crippen LogP contribution in [0.4, 0.5) is 13.2 Å². The smallest absolute Gasteiger partial charge is 0.267 e. The summed E-state index contributed by atoms with van der Waals surface area (Å²) in [6.07, 6.45) is -0.0853. The normalized spacial score (nSPS) is 13.9. The van der Waals surface area contributed by atoms with Gasteiger partial charge in [0.15, 0.2) is 5.82 Å². The summed E-state index contributed by atoms with van der Waals surface area (Å²) in [5.74, 6) is -0.449. The van der Waals surface area contributed by atoms with Crippen LogP contribution in [0.3, 0.4) is 0 Å². The van der Waals surface area contributed by atoms with Gasteiger partial charge in [-0.1, -0.05) is 25.4 Å². The summed E-state index contributed by atoms with van der Waals surface area (Å²) in [6, 6.07) is 2.32. The van der Waals surface area contributed by atoms with Crippen LogP contribution in [0, 0.1) is 11.7 Å². The molecule has 2 aromatic rings. The largest absolute Gasteiger partial charge is 0.490 e. The van der Waals surface area contributed by atoms with Crippen molar-refractivity contribution in [2.24, 2.45) is 11.7 Å². The van der Waals surface area contributed by atoms with Crippen molar-refractivity contribution in [3.63, 3.8) is 0 Å². The summed E-state index contributed by atoms with van der Waals surface area (Å²) in [5.41, 5.74) is 5.10. The first-order chi connectivity index (χ1) is 12.1. The molecule has 0 aliphatic heterocycles. The molecule has 0 amide bonds. The lowest BCUT2D eigenvalue weighted by molar-refractivity contribution is 0.139. The van der Waals surface area contributed by atoms with Crippen LogP contribution in [-0.2, 0) is 0 Å². The van der Waals surface area contributed by atoms with Crippen LogP contribution in [0.5, 0.6) is 5.75 Å². The Morgan fingerprint density at radius 2 is 1.92 bits per heavy atom. The average molecular weight is 388 g/mol. The Labute approximate surface area is 155 Å². The molecule has 0 radical (unpaired) electrons. The van der Waals surface area contributed by atoms with E-state index in [9.17, 15) is 13.2 Å². The van der Waals surface area contributed by atoms with E-state index in [1.54, 1.807) is 6.92 Å². The van der Waals surface area contributed by atoms with Gasteiger partial charge in [0.25, 0.3) is 6.43 Å². The molecule has 0 saturated carbocycles. The molecule has 2 N–H and O–H groups in total. The molecule has 0 aliphatic rings. The fraction of sp³-hybridized carbons (Fsp3) is 0.444. The molecule has 0 aromatic carbocycles. The molecule has 0 bridgehead atoms. The Kier molecular flexibility index (Phi) is 6.47. The minimum absolute atomic E-state index is 0.0121. The molecular weight excluding hydrogens is 367 g/mol. The first-order valence-electron chi connectivity index (χ1n) is 8.10. The number of ether oxygens (including phenoxy) is 1. The first-order valence-corrected chi connectivity index (χ1v) is 8.48. The third-order valence-corrected chi connectivity index (χ3v) is 3.87. The highest BCUT2D eigenvalue weighted by Gasteiger charge is 2.24. The van der Waals surface area contributed by atoms with Crippen LogP contribution < -0.4 is 10.5 Å². The number of pyridine rings is 2. The van der Waals surface area contributed by atoms with Crippen LogP contribution in [0.2, 0.25) is 5.15 Å². The molecule has 0 saturated heterocycles. The molecule has 1 atom stereocenters. The molecule has 2 rings (SSSR count). The lowest BCUT2D eigenvalue weighted by Crippen LogP contribution is -2.43. The van der Waals surface area contributed by atoms with Gasteiger partial charge >= 0.3 is 0 Å². The highest BCUT2D eigenvalue weighted by atomic mass is 35.5. The summed E-state index contributed by atoms with van der Waals surface area (Å²) in [5, 5.41) is 0.0368. The van der Waals surface area contributed by atoms with Crippen molar-refractivity contribution >= 4 is 11.6 Å². The Hall–Kier alpha value is -1.86. The van der Waals surface area contributed by atoms with E-state index in [1.165, 1.54) is 6.07 Å². The van der Waals surface area contributed by atoms with E-state index in [2.05, 4.69) is 9.97 Å². The van der Waals surface area contributed by atoms with Crippen LogP contribution >= 0.6 is 11.6 Å². The Balaban J connectivity index is 2.31. The van der Waals surface area contributed by atoms with Crippen molar-refractivity contribution in [3.8, 4) is 17.0 Å². The first kappa shape index (κ1) is 20.5. The molecule has 2 heterocycles. The summed E-state index contributed by atoms with van der Waals surface area (Å²) in [4.78, 5) is 7.63. The van der Waals surface area contributed by atoms with Crippen molar-refractivity contribution in [2.75, 3.05) is 6.61 Å². The number of nitrogens with zero attached hydrogens (tertiary/aromatic N) is 2. The molecule has 0 aliphatic carbocycles. The number of nitrogens with two attached hydrogens (primary N) is 1. The number of alkyl halides is 2. The molecule has 142 valence electrons. The van der Waals surface area contributed by atoms with Gasteiger partial charge in [-0.15, -0.1) is 0 Å². The zero-order valence-corrected chi connectivity index (χ0v) is 15.5. The fourth-order valence-electron chi connectivity index (χ4n) is 2.74. The monoisotopic (exact) mass is 387 g/mol. The SMILES string of the molecule is CC(C)C[C@@](C)(N)COc1cnc(-c2cc(Cl)ncc2F)cc1C(F)F. The van der Waals surface area contributed by atoms with Crippen molar-refractivity contribution in [1.29, 1.82) is 0 Å². The maximum absolute atomic E-state index is 13.9. The zero-order valence-electron chi connectivity index (χ0n) is 14.8. The summed E-state index contributed by atoms with van der Waals surface area (Å²) < 4.78 is 46.4. The van der Waals surface area contributed by atoms with Gasteiger partial charge in [-0.3, -0.25) is 4.98 Å². The fourth-order valence-corrected chi connectivity index (χ4v) is 2.90.